The molecule has 0 saturated carbocycles. The minimum atomic E-state index is 0.0277. The average Bonchev–Trinajstić information content (AvgIpc) is 2.91. The van der Waals surface area contributed by atoms with Crippen LogP contribution in [0.5, 0.6) is 11.5 Å². The number of aliphatic hydroxyl groups is 1. The van der Waals surface area contributed by atoms with Crippen molar-refractivity contribution in [2.45, 2.75) is 0 Å². The Morgan fingerprint density at radius 2 is 0.694 bits per heavy atom. The summed E-state index contributed by atoms with van der Waals surface area (Å²) in [6, 6.07) is 7.43. The summed E-state index contributed by atoms with van der Waals surface area (Å²) in [5, 5.41) is 8.56. The van der Waals surface area contributed by atoms with Gasteiger partial charge in [-0.3, -0.25) is 0 Å². The molecule has 11 nitrogen and oxygen atoms in total. The fourth-order valence-electron chi connectivity index (χ4n) is 2.60. The summed E-state index contributed by atoms with van der Waals surface area (Å²) in [4.78, 5) is 0. The Balaban J connectivity index is 1.67. The van der Waals surface area contributed by atoms with Crippen LogP contribution in [0.25, 0.3) is 0 Å². The van der Waals surface area contributed by atoms with E-state index < -0.39 is 0 Å². The lowest BCUT2D eigenvalue weighted by molar-refractivity contribution is -0.0242. The lowest BCUT2D eigenvalue weighted by Crippen LogP contribution is -2.15. The molecule has 1 rings (SSSR count). The first-order valence-electron chi connectivity index (χ1n) is 12.4. The summed E-state index contributed by atoms with van der Waals surface area (Å²) in [5.74, 6) is 1.58. The highest BCUT2D eigenvalue weighted by Gasteiger charge is 1.97. The van der Waals surface area contributed by atoms with E-state index in [1.165, 1.54) is 0 Å². The smallest absolute Gasteiger partial charge is 0.119 e. The molecule has 0 aliphatic carbocycles. The van der Waals surface area contributed by atoms with Crippen molar-refractivity contribution in [2.75, 3.05) is 126 Å². The van der Waals surface area contributed by atoms with Gasteiger partial charge in [0.2, 0.25) is 0 Å². The van der Waals surface area contributed by atoms with E-state index in [9.17, 15) is 0 Å². The number of ether oxygens (including phenoxy) is 10. The SMILES string of the molecule is COc1ccc(OCCOCCOCCOCCOCCOCCOCCOCCOCCO)cc1. The number of rotatable bonds is 28. The van der Waals surface area contributed by atoms with E-state index in [1.807, 2.05) is 24.3 Å². The zero-order valence-corrected chi connectivity index (χ0v) is 21.6. The first-order valence-corrected chi connectivity index (χ1v) is 12.4. The van der Waals surface area contributed by atoms with Crippen LogP contribution in [-0.4, -0.2) is 131 Å². The quantitative estimate of drug-likeness (QED) is 0.161. The van der Waals surface area contributed by atoms with E-state index in [4.69, 9.17) is 52.5 Å². The molecule has 0 bridgehead atoms. The van der Waals surface area contributed by atoms with Gasteiger partial charge in [-0.15, -0.1) is 0 Å². The molecule has 0 aliphatic heterocycles. The molecule has 0 aliphatic rings. The molecule has 0 atom stereocenters. The van der Waals surface area contributed by atoms with Crippen molar-refractivity contribution in [3.63, 3.8) is 0 Å². The topological polar surface area (TPSA) is 113 Å². The Bertz CT molecular complexity index is 559. The number of hydrogen-bond acceptors (Lipinski definition) is 11. The van der Waals surface area contributed by atoms with Crippen molar-refractivity contribution in [3.05, 3.63) is 24.3 Å². The van der Waals surface area contributed by atoms with Crippen molar-refractivity contribution in [3.8, 4) is 11.5 Å². The Labute approximate surface area is 214 Å². The van der Waals surface area contributed by atoms with E-state index in [1.54, 1.807) is 7.11 Å². The minimum Gasteiger partial charge on any atom is -0.497 e. The molecule has 0 unspecified atom stereocenters. The van der Waals surface area contributed by atoms with Gasteiger partial charge in [0.1, 0.15) is 18.1 Å². The summed E-state index contributed by atoms with van der Waals surface area (Å²) in [5.41, 5.74) is 0. The van der Waals surface area contributed by atoms with Gasteiger partial charge < -0.3 is 52.5 Å². The third-order valence-electron chi connectivity index (χ3n) is 4.40. The standard InChI is InChI=1S/C25H44O11/c1-27-24-2-4-25(5-3-24)36-23-22-35-21-20-34-19-18-33-17-16-32-15-14-31-13-12-30-11-10-29-9-8-28-7-6-26/h2-5,26H,6-23H2,1H3. The van der Waals surface area contributed by atoms with E-state index in [0.717, 1.165) is 11.5 Å². The van der Waals surface area contributed by atoms with Gasteiger partial charge in [-0.05, 0) is 24.3 Å². The van der Waals surface area contributed by atoms with Crippen molar-refractivity contribution < 1.29 is 52.5 Å². The predicted octanol–water partition coefficient (Wildman–Crippen LogP) is 1.20. The van der Waals surface area contributed by atoms with Crippen LogP contribution in [0.3, 0.4) is 0 Å². The fourth-order valence-corrected chi connectivity index (χ4v) is 2.60. The van der Waals surface area contributed by atoms with Gasteiger partial charge in [0.05, 0.1) is 119 Å². The van der Waals surface area contributed by atoms with Gasteiger partial charge in [-0.1, -0.05) is 0 Å². The van der Waals surface area contributed by atoms with Crippen LogP contribution in [0.4, 0.5) is 0 Å². The van der Waals surface area contributed by atoms with E-state index in [-0.39, 0.29) is 6.61 Å². The van der Waals surface area contributed by atoms with E-state index in [2.05, 4.69) is 0 Å². The molecule has 0 saturated heterocycles. The molecule has 1 aromatic carbocycles. The van der Waals surface area contributed by atoms with Crippen molar-refractivity contribution in [2.24, 2.45) is 0 Å². The monoisotopic (exact) mass is 520 g/mol. The Hall–Kier alpha value is -1.54. The van der Waals surface area contributed by atoms with E-state index >= 15 is 0 Å². The number of aliphatic hydroxyl groups excluding tert-OH is 1. The Morgan fingerprint density at radius 1 is 0.417 bits per heavy atom. The highest BCUT2D eigenvalue weighted by Crippen LogP contribution is 2.16. The molecule has 0 fully saturated rings. The maximum atomic E-state index is 8.56. The molecule has 1 N–H and O–H groups in total. The third-order valence-corrected chi connectivity index (χ3v) is 4.40. The molecular weight excluding hydrogens is 476 g/mol. The van der Waals surface area contributed by atoms with Crippen LogP contribution in [0, 0.1) is 0 Å². The second kappa shape index (κ2) is 26.5. The normalized spacial score (nSPS) is 11.2. The van der Waals surface area contributed by atoms with Crippen molar-refractivity contribution in [1.29, 1.82) is 0 Å². The molecule has 11 heteroatoms. The first kappa shape index (κ1) is 32.5. The first-order chi connectivity index (χ1) is 17.9. The van der Waals surface area contributed by atoms with Crippen LogP contribution in [0.15, 0.2) is 24.3 Å². The van der Waals surface area contributed by atoms with Crippen molar-refractivity contribution in [1.82, 2.24) is 0 Å². The van der Waals surface area contributed by atoms with E-state index in [0.29, 0.717) is 112 Å². The lowest BCUT2D eigenvalue weighted by Gasteiger charge is -2.09. The molecule has 1 aromatic rings. The number of methoxy groups -OCH3 is 1. The molecule has 0 heterocycles. The number of benzene rings is 1. The molecule has 36 heavy (non-hydrogen) atoms. The third kappa shape index (κ3) is 21.7. The number of hydrogen-bond donors (Lipinski definition) is 1. The summed E-state index contributed by atoms with van der Waals surface area (Å²) in [7, 11) is 1.63. The molecule has 0 amide bonds. The average molecular weight is 521 g/mol. The van der Waals surface area contributed by atoms with Crippen molar-refractivity contribution >= 4 is 0 Å². The lowest BCUT2D eigenvalue weighted by atomic mass is 10.3. The highest BCUT2D eigenvalue weighted by molar-refractivity contribution is 5.31. The van der Waals surface area contributed by atoms with Crippen LogP contribution in [0.2, 0.25) is 0 Å². The Morgan fingerprint density at radius 3 is 1.00 bits per heavy atom. The summed E-state index contributed by atoms with van der Waals surface area (Å²) >= 11 is 0. The fraction of sp³-hybridized carbons (Fsp3) is 0.760. The minimum absolute atomic E-state index is 0.0277. The zero-order chi connectivity index (χ0) is 25.8. The molecular formula is C25H44O11. The van der Waals surface area contributed by atoms with Gasteiger partial charge >= 0.3 is 0 Å². The van der Waals surface area contributed by atoms with Crippen LogP contribution >= 0.6 is 0 Å². The van der Waals surface area contributed by atoms with Gasteiger partial charge in [-0.2, -0.15) is 0 Å². The van der Waals surface area contributed by atoms with Gasteiger partial charge in [0.25, 0.3) is 0 Å². The molecule has 210 valence electrons. The van der Waals surface area contributed by atoms with Crippen LogP contribution in [0.1, 0.15) is 0 Å². The van der Waals surface area contributed by atoms with Gasteiger partial charge in [0, 0.05) is 0 Å². The summed E-state index contributed by atoms with van der Waals surface area (Å²) in [6.45, 7) is 8.43. The summed E-state index contributed by atoms with van der Waals surface area (Å²) < 4.78 is 53.7. The highest BCUT2D eigenvalue weighted by atomic mass is 16.6. The molecule has 0 aromatic heterocycles. The predicted molar refractivity (Wildman–Crippen MR) is 132 cm³/mol. The zero-order valence-electron chi connectivity index (χ0n) is 21.6. The second-order valence-electron chi connectivity index (χ2n) is 7.15. The van der Waals surface area contributed by atoms with Crippen LogP contribution < -0.4 is 9.47 Å². The maximum absolute atomic E-state index is 8.56. The van der Waals surface area contributed by atoms with Crippen LogP contribution in [-0.2, 0) is 37.9 Å². The largest absolute Gasteiger partial charge is 0.497 e. The molecule has 0 radical (unpaired) electrons. The Kier molecular flexibility index (Phi) is 23.9. The van der Waals surface area contributed by atoms with Gasteiger partial charge in [0.15, 0.2) is 0 Å². The molecule has 0 spiro atoms. The van der Waals surface area contributed by atoms with Gasteiger partial charge in [-0.25, -0.2) is 0 Å². The maximum Gasteiger partial charge on any atom is 0.119 e. The summed E-state index contributed by atoms with van der Waals surface area (Å²) in [6.07, 6.45) is 0. The second-order valence-corrected chi connectivity index (χ2v) is 7.15.